The third-order valence-electron chi connectivity index (χ3n) is 3.65. The highest BCUT2D eigenvalue weighted by Gasteiger charge is 2.13. The first-order valence-corrected chi connectivity index (χ1v) is 9.77. The van der Waals surface area contributed by atoms with Gasteiger partial charge in [-0.1, -0.05) is 23.2 Å². The number of hydrogen-bond acceptors (Lipinski definition) is 8. The molecule has 0 aliphatic rings. The Morgan fingerprint density at radius 3 is 1.37 bits per heavy atom. The molecule has 0 atom stereocenters. The molecule has 2 aromatic carbocycles. The van der Waals surface area contributed by atoms with E-state index in [2.05, 4.69) is 0 Å². The fraction of sp³-hybridized carbons (Fsp3) is 0.200. The summed E-state index contributed by atoms with van der Waals surface area (Å²) in [6.07, 6.45) is 1.93. The average molecular weight is 453 g/mol. The largest absolute Gasteiger partial charge is 0.356 e. The lowest BCUT2D eigenvalue weighted by Crippen LogP contribution is -2.32. The second-order valence-electron chi connectivity index (χ2n) is 5.89. The first-order chi connectivity index (χ1) is 14.4. The molecule has 30 heavy (non-hydrogen) atoms. The fourth-order valence-corrected chi connectivity index (χ4v) is 2.57. The van der Waals surface area contributed by atoms with E-state index in [-0.39, 0.29) is 26.2 Å². The standard InChI is InChI=1S/C20H22Cl2N4O4/c21-15-1-5-17(6-2-15)25(13-11-23)29-19(27)9-10-20(28)30-26(14-12-24)18-7-3-16(22)4-8-18/h1-10H,11-14,23-24H2/b10-9-. The average Bonchev–Trinajstić information content (AvgIpc) is 2.73. The number of carbonyl (C=O) groups is 2. The van der Waals surface area contributed by atoms with Crippen LogP contribution in [-0.2, 0) is 19.3 Å². The van der Waals surface area contributed by atoms with Crippen molar-refractivity contribution in [2.75, 3.05) is 36.3 Å². The highest BCUT2D eigenvalue weighted by molar-refractivity contribution is 6.30. The van der Waals surface area contributed by atoms with Crippen molar-refractivity contribution >= 4 is 46.5 Å². The summed E-state index contributed by atoms with van der Waals surface area (Å²) >= 11 is 11.7. The minimum atomic E-state index is -0.771. The molecule has 0 saturated heterocycles. The number of carbonyl (C=O) groups excluding carboxylic acids is 2. The second-order valence-corrected chi connectivity index (χ2v) is 6.76. The third kappa shape index (κ3) is 7.57. The zero-order valence-electron chi connectivity index (χ0n) is 16.0. The van der Waals surface area contributed by atoms with Crippen LogP contribution in [0.3, 0.4) is 0 Å². The Labute approximate surface area is 184 Å². The van der Waals surface area contributed by atoms with Gasteiger partial charge in [0.25, 0.3) is 0 Å². The van der Waals surface area contributed by atoms with Gasteiger partial charge in [-0.3, -0.25) is 0 Å². The number of nitrogens with zero attached hydrogens (tertiary/aromatic N) is 2. The Morgan fingerprint density at radius 1 is 0.733 bits per heavy atom. The van der Waals surface area contributed by atoms with E-state index in [9.17, 15) is 9.59 Å². The van der Waals surface area contributed by atoms with E-state index in [1.54, 1.807) is 48.5 Å². The van der Waals surface area contributed by atoms with E-state index < -0.39 is 11.9 Å². The maximum absolute atomic E-state index is 12.1. The molecule has 0 unspecified atom stereocenters. The van der Waals surface area contributed by atoms with E-state index in [0.29, 0.717) is 21.4 Å². The zero-order chi connectivity index (χ0) is 21.9. The lowest BCUT2D eigenvalue weighted by atomic mass is 10.3. The molecule has 8 nitrogen and oxygen atoms in total. The van der Waals surface area contributed by atoms with Crippen molar-refractivity contribution in [2.45, 2.75) is 0 Å². The maximum atomic E-state index is 12.1. The number of rotatable bonds is 10. The fourth-order valence-electron chi connectivity index (χ4n) is 2.32. The number of benzene rings is 2. The van der Waals surface area contributed by atoms with Crippen molar-refractivity contribution in [3.8, 4) is 0 Å². The monoisotopic (exact) mass is 452 g/mol. The van der Waals surface area contributed by atoms with Gasteiger partial charge in [-0.2, -0.15) is 0 Å². The van der Waals surface area contributed by atoms with Gasteiger partial charge < -0.3 is 21.1 Å². The summed E-state index contributed by atoms with van der Waals surface area (Å²) in [5.74, 6) is -1.54. The molecule has 0 saturated carbocycles. The number of hydroxylamine groups is 2. The molecule has 0 spiro atoms. The van der Waals surface area contributed by atoms with Gasteiger partial charge in [-0.25, -0.2) is 19.7 Å². The lowest BCUT2D eigenvalue weighted by molar-refractivity contribution is -0.142. The Bertz CT molecular complexity index is 789. The maximum Gasteiger partial charge on any atom is 0.356 e. The van der Waals surface area contributed by atoms with Gasteiger partial charge in [-0.15, -0.1) is 0 Å². The molecule has 0 aliphatic carbocycles. The quantitative estimate of drug-likeness (QED) is 0.417. The minimum Gasteiger partial charge on any atom is -0.336 e. The number of nitrogens with two attached hydrogens (primary N) is 2. The van der Waals surface area contributed by atoms with E-state index in [1.165, 1.54) is 10.1 Å². The SMILES string of the molecule is NCCN(OC(=O)/C=C\C(=O)ON(CCN)c1ccc(Cl)cc1)c1ccc(Cl)cc1. The van der Waals surface area contributed by atoms with Gasteiger partial charge in [0.15, 0.2) is 0 Å². The van der Waals surface area contributed by atoms with Crippen molar-refractivity contribution in [1.82, 2.24) is 0 Å². The summed E-state index contributed by atoms with van der Waals surface area (Å²) in [6, 6.07) is 13.4. The van der Waals surface area contributed by atoms with Gasteiger partial charge in [0, 0.05) is 35.3 Å². The van der Waals surface area contributed by atoms with E-state index in [4.69, 9.17) is 44.3 Å². The van der Waals surface area contributed by atoms with Crippen LogP contribution < -0.4 is 21.6 Å². The molecule has 0 fully saturated rings. The Balaban J connectivity index is 1.98. The molecule has 2 aromatic rings. The minimum absolute atomic E-state index is 0.247. The molecule has 10 heteroatoms. The van der Waals surface area contributed by atoms with Gasteiger partial charge in [0.1, 0.15) is 0 Å². The molecular formula is C20H22Cl2N4O4. The van der Waals surface area contributed by atoms with Crippen molar-refractivity contribution in [2.24, 2.45) is 11.5 Å². The van der Waals surface area contributed by atoms with Crippen LogP contribution in [0, 0.1) is 0 Å². The van der Waals surface area contributed by atoms with Crippen molar-refractivity contribution in [1.29, 1.82) is 0 Å². The lowest BCUT2D eigenvalue weighted by Gasteiger charge is -2.22. The predicted octanol–water partition coefficient (Wildman–Crippen LogP) is 2.70. The number of hydrogen-bond donors (Lipinski definition) is 2. The predicted molar refractivity (Wildman–Crippen MR) is 117 cm³/mol. The van der Waals surface area contributed by atoms with Crippen LogP contribution in [0.1, 0.15) is 0 Å². The summed E-state index contributed by atoms with van der Waals surface area (Å²) in [5, 5.41) is 3.71. The van der Waals surface area contributed by atoms with Gasteiger partial charge >= 0.3 is 11.9 Å². The van der Waals surface area contributed by atoms with Crippen LogP contribution in [0.25, 0.3) is 0 Å². The normalized spacial score (nSPS) is 10.7. The van der Waals surface area contributed by atoms with Crippen LogP contribution in [-0.4, -0.2) is 38.1 Å². The van der Waals surface area contributed by atoms with Crippen molar-refractivity contribution in [3.63, 3.8) is 0 Å². The Kier molecular flexibility index (Phi) is 9.43. The van der Waals surface area contributed by atoms with Crippen molar-refractivity contribution < 1.29 is 19.3 Å². The van der Waals surface area contributed by atoms with Crippen LogP contribution in [0.2, 0.25) is 10.0 Å². The number of anilines is 2. The molecule has 0 aliphatic heterocycles. The second kappa shape index (κ2) is 12.0. The summed E-state index contributed by atoms with van der Waals surface area (Å²) < 4.78 is 0. The summed E-state index contributed by atoms with van der Waals surface area (Å²) in [5.41, 5.74) is 12.3. The van der Waals surface area contributed by atoms with Gasteiger partial charge in [-0.05, 0) is 48.5 Å². The molecule has 160 valence electrons. The molecule has 0 heterocycles. The van der Waals surface area contributed by atoms with Gasteiger partial charge in [0.2, 0.25) is 0 Å². The molecule has 0 aromatic heterocycles. The van der Waals surface area contributed by atoms with E-state index >= 15 is 0 Å². The van der Waals surface area contributed by atoms with Crippen molar-refractivity contribution in [3.05, 3.63) is 70.7 Å². The molecular weight excluding hydrogens is 431 g/mol. The Hall–Kier alpha value is -2.78. The van der Waals surface area contributed by atoms with E-state index in [1.807, 2.05) is 0 Å². The first kappa shape index (κ1) is 23.5. The molecule has 0 amide bonds. The van der Waals surface area contributed by atoms with Crippen LogP contribution >= 0.6 is 23.2 Å². The molecule has 4 N–H and O–H groups in total. The highest BCUT2D eigenvalue weighted by Crippen LogP contribution is 2.19. The zero-order valence-corrected chi connectivity index (χ0v) is 17.6. The molecule has 2 rings (SSSR count). The number of halogens is 2. The van der Waals surface area contributed by atoms with Crippen LogP contribution in [0.4, 0.5) is 11.4 Å². The Morgan fingerprint density at radius 2 is 1.07 bits per heavy atom. The van der Waals surface area contributed by atoms with Gasteiger partial charge in [0.05, 0.1) is 24.5 Å². The molecule has 0 bridgehead atoms. The van der Waals surface area contributed by atoms with Crippen LogP contribution in [0.15, 0.2) is 60.7 Å². The smallest absolute Gasteiger partial charge is 0.336 e. The third-order valence-corrected chi connectivity index (χ3v) is 4.15. The topological polar surface area (TPSA) is 111 Å². The molecule has 0 radical (unpaired) electrons. The van der Waals surface area contributed by atoms with Crippen LogP contribution in [0.5, 0.6) is 0 Å². The highest BCUT2D eigenvalue weighted by atomic mass is 35.5. The van der Waals surface area contributed by atoms with E-state index in [0.717, 1.165) is 12.2 Å². The summed E-state index contributed by atoms with van der Waals surface area (Å²) in [7, 11) is 0. The summed E-state index contributed by atoms with van der Waals surface area (Å²) in [6.45, 7) is 1.01. The summed E-state index contributed by atoms with van der Waals surface area (Å²) in [4.78, 5) is 34.7. The first-order valence-electron chi connectivity index (χ1n) is 9.01.